The van der Waals surface area contributed by atoms with E-state index in [9.17, 15) is 23.2 Å². The second kappa shape index (κ2) is 10.5. The average molecular weight is 557 g/mol. The van der Waals surface area contributed by atoms with Crippen molar-refractivity contribution >= 4 is 29.2 Å². The summed E-state index contributed by atoms with van der Waals surface area (Å²) in [6.07, 6.45) is -1.13. The van der Waals surface area contributed by atoms with E-state index >= 15 is 0 Å². The molecular formula is C31H22F2N2O6. The highest BCUT2D eigenvalue weighted by atomic mass is 19.1. The smallest absolute Gasteiger partial charge is 0.343 e. The summed E-state index contributed by atoms with van der Waals surface area (Å²) in [5.74, 6) is -3.39. The molecular weight excluding hydrogens is 534 g/mol. The predicted octanol–water partition coefficient (Wildman–Crippen LogP) is 5.24. The molecule has 2 amide bonds. The van der Waals surface area contributed by atoms with E-state index in [1.165, 1.54) is 54.6 Å². The quantitative estimate of drug-likeness (QED) is 0.182. The number of hydrogen-bond donors (Lipinski definition) is 0. The van der Waals surface area contributed by atoms with Gasteiger partial charge >= 0.3 is 5.97 Å². The Balaban J connectivity index is 1.36. The number of ether oxygens (including phenoxy) is 2. The highest BCUT2D eigenvalue weighted by Crippen LogP contribution is 2.48. The molecule has 4 aromatic rings. The highest BCUT2D eigenvalue weighted by Gasteiger charge is 2.60. The Morgan fingerprint density at radius 2 is 1.44 bits per heavy atom. The van der Waals surface area contributed by atoms with Gasteiger partial charge in [0.2, 0.25) is 5.91 Å². The van der Waals surface area contributed by atoms with Crippen molar-refractivity contribution in [1.82, 2.24) is 0 Å². The Kier molecular flexibility index (Phi) is 6.68. The number of hydroxylamine groups is 1. The van der Waals surface area contributed by atoms with Gasteiger partial charge in [0.25, 0.3) is 5.91 Å². The maximum Gasteiger partial charge on any atom is 0.343 e. The van der Waals surface area contributed by atoms with Crippen LogP contribution in [0, 0.1) is 17.6 Å². The molecule has 0 N–H and O–H groups in total. The lowest BCUT2D eigenvalue weighted by Crippen LogP contribution is -2.37. The van der Waals surface area contributed by atoms with Crippen LogP contribution in [0.15, 0.2) is 97.1 Å². The molecule has 2 aliphatic heterocycles. The van der Waals surface area contributed by atoms with E-state index in [2.05, 4.69) is 0 Å². The summed E-state index contributed by atoms with van der Waals surface area (Å²) in [6, 6.07) is 23.0. The second-order valence-electron chi connectivity index (χ2n) is 9.45. The maximum atomic E-state index is 13.8. The van der Waals surface area contributed by atoms with Crippen LogP contribution in [0.4, 0.5) is 20.2 Å². The van der Waals surface area contributed by atoms with Crippen molar-refractivity contribution < 1.29 is 37.5 Å². The van der Waals surface area contributed by atoms with E-state index in [-0.39, 0.29) is 22.7 Å². The third-order valence-corrected chi connectivity index (χ3v) is 7.02. The fourth-order valence-electron chi connectivity index (χ4n) is 5.09. The zero-order chi connectivity index (χ0) is 28.7. The summed E-state index contributed by atoms with van der Waals surface area (Å²) < 4.78 is 37.8. The van der Waals surface area contributed by atoms with Gasteiger partial charge in [-0.1, -0.05) is 24.3 Å². The first kappa shape index (κ1) is 26.1. The molecule has 0 spiro atoms. The number of carbonyl (C=O) groups is 3. The number of anilines is 2. The van der Waals surface area contributed by atoms with Gasteiger partial charge in [0.1, 0.15) is 17.6 Å². The Morgan fingerprint density at radius 3 is 2.10 bits per heavy atom. The molecule has 10 heteroatoms. The molecule has 2 saturated heterocycles. The topological polar surface area (TPSA) is 85.4 Å². The molecule has 4 aromatic carbocycles. The molecule has 0 bridgehead atoms. The number of hydrogen-bond acceptors (Lipinski definition) is 7. The van der Waals surface area contributed by atoms with Crippen molar-refractivity contribution in [3.8, 4) is 11.5 Å². The monoisotopic (exact) mass is 556 g/mol. The standard InChI is InChI=1S/C31H22F2N2O6/c1-39-25-17-19(9-16-24(25)40-31(38)18-7-10-20(32)11-8-18)27-26-28(41-35(27)23-5-3-2-4-6-23)30(37)34(29(26)36)22-14-12-21(33)13-15-22/h2-17,26-28H,1H3/t26-,27+,28+/m0/s1. The van der Waals surface area contributed by atoms with E-state index in [4.69, 9.17) is 14.3 Å². The number of esters is 1. The summed E-state index contributed by atoms with van der Waals surface area (Å²) in [6.45, 7) is 0. The fourth-order valence-corrected chi connectivity index (χ4v) is 5.09. The third-order valence-electron chi connectivity index (χ3n) is 7.02. The second-order valence-corrected chi connectivity index (χ2v) is 9.45. The number of carbonyl (C=O) groups excluding carboxylic acids is 3. The lowest BCUT2D eigenvalue weighted by molar-refractivity contribution is -0.126. The number of benzene rings is 4. The van der Waals surface area contributed by atoms with Gasteiger partial charge in [-0.25, -0.2) is 23.5 Å². The zero-order valence-corrected chi connectivity index (χ0v) is 21.6. The minimum Gasteiger partial charge on any atom is -0.493 e. The average Bonchev–Trinajstić information content (AvgIpc) is 3.50. The number of fused-ring (bicyclic) bond motifs is 1. The van der Waals surface area contributed by atoms with Crippen LogP contribution >= 0.6 is 0 Å². The first-order valence-electron chi connectivity index (χ1n) is 12.7. The molecule has 0 aromatic heterocycles. The molecule has 2 fully saturated rings. The normalized spacial score (nSPS) is 19.8. The first-order chi connectivity index (χ1) is 19.9. The van der Waals surface area contributed by atoms with Crippen molar-refractivity contribution in [2.45, 2.75) is 12.1 Å². The zero-order valence-electron chi connectivity index (χ0n) is 21.6. The summed E-state index contributed by atoms with van der Waals surface area (Å²) in [4.78, 5) is 47.0. The Labute approximate surface area is 233 Å². The third kappa shape index (κ3) is 4.68. The Hall–Kier alpha value is -5.09. The number of amides is 2. The molecule has 2 aliphatic rings. The molecule has 2 heterocycles. The van der Waals surface area contributed by atoms with Crippen molar-refractivity contribution in [2.75, 3.05) is 17.1 Å². The van der Waals surface area contributed by atoms with Gasteiger partial charge in [-0.05, 0) is 78.4 Å². The van der Waals surface area contributed by atoms with Crippen LogP contribution in [-0.4, -0.2) is 31.0 Å². The number of para-hydroxylation sites is 1. The fraction of sp³-hybridized carbons (Fsp3) is 0.129. The van der Waals surface area contributed by atoms with Gasteiger partial charge in [0.15, 0.2) is 17.6 Å². The van der Waals surface area contributed by atoms with E-state index in [1.54, 1.807) is 36.4 Å². The van der Waals surface area contributed by atoms with Gasteiger partial charge < -0.3 is 9.47 Å². The Bertz CT molecular complexity index is 1630. The van der Waals surface area contributed by atoms with Crippen LogP contribution in [0.3, 0.4) is 0 Å². The number of methoxy groups -OCH3 is 1. The van der Waals surface area contributed by atoms with E-state index in [1.807, 2.05) is 6.07 Å². The maximum absolute atomic E-state index is 13.8. The van der Waals surface area contributed by atoms with Crippen LogP contribution < -0.4 is 19.4 Å². The van der Waals surface area contributed by atoms with Gasteiger partial charge in [0, 0.05) is 0 Å². The van der Waals surface area contributed by atoms with Crippen molar-refractivity contribution in [1.29, 1.82) is 0 Å². The summed E-state index contributed by atoms with van der Waals surface area (Å²) in [5, 5.41) is 1.52. The van der Waals surface area contributed by atoms with Crippen LogP contribution in [0.5, 0.6) is 11.5 Å². The molecule has 3 atom stereocenters. The van der Waals surface area contributed by atoms with Crippen LogP contribution in [-0.2, 0) is 14.4 Å². The predicted molar refractivity (Wildman–Crippen MR) is 143 cm³/mol. The van der Waals surface area contributed by atoms with Gasteiger partial charge in [0.05, 0.1) is 30.1 Å². The summed E-state index contributed by atoms with van der Waals surface area (Å²) in [5.41, 5.74) is 1.56. The molecule has 6 rings (SSSR count). The van der Waals surface area contributed by atoms with Crippen molar-refractivity contribution in [2.24, 2.45) is 5.92 Å². The van der Waals surface area contributed by atoms with E-state index < -0.39 is 47.5 Å². The van der Waals surface area contributed by atoms with Crippen molar-refractivity contribution in [3.05, 3.63) is 120 Å². The van der Waals surface area contributed by atoms with Crippen molar-refractivity contribution in [3.63, 3.8) is 0 Å². The summed E-state index contributed by atoms with van der Waals surface area (Å²) >= 11 is 0. The van der Waals surface area contributed by atoms with E-state index in [0.29, 0.717) is 11.3 Å². The van der Waals surface area contributed by atoms with Gasteiger partial charge in [-0.2, -0.15) is 0 Å². The molecule has 0 radical (unpaired) electrons. The lowest BCUT2D eigenvalue weighted by atomic mass is 9.90. The molecule has 0 aliphatic carbocycles. The molecule has 206 valence electrons. The minimum absolute atomic E-state index is 0.106. The molecule has 8 nitrogen and oxygen atoms in total. The lowest BCUT2D eigenvalue weighted by Gasteiger charge is -2.29. The van der Waals surface area contributed by atoms with E-state index in [0.717, 1.165) is 17.0 Å². The minimum atomic E-state index is -1.13. The number of imide groups is 1. The van der Waals surface area contributed by atoms with Crippen LogP contribution in [0.1, 0.15) is 22.0 Å². The van der Waals surface area contributed by atoms with Gasteiger partial charge in [-0.15, -0.1) is 0 Å². The molecule has 41 heavy (non-hydrogen) atoms. The molecule has 0 saturated carbocycles. The first-order valence-corrected chi connectivity index (χ1v) is 12.7. The summed E-state index contributed by atoms with van der Waals surface area (Å²) in [7, 11) is 1.40. The number of halogens is 2. The van der Waals surface area contributed by atoms with Crippen LogP contribution in [0.25, 0.3) is 0 Å². The molecule has 0 unspecified atom stereocenters. The van der Waals surface area contributed by atoms with Crippen LogP contribution in [0.2, 0.25) is 0 Å². The SMILES string of the molecule is COc1cc([C@@H]2[C@@H]3C(=O)N(c4ccc(F)cc4)C(=O)[C@@H]3ON2c2ccccc2)ccc1OC(=O)c1ccc(F)cc1. The Morgan fingerprint density at radius 1 is 0.780 bits per heavy atom. The largest absolute Gasteiger partial charge is 0.493 e. The number of nitrogens with zero attached hydrogens (tertiary/aromatic N) is 2. The van der Waals surface area contributed by atoms with Gasteiger partial charge in [-0.3, -0.25) is 14.4 Å². The highest BCUT2D eigenvalue weighted by molar-refractivity contribution is 6.23. The number of rotatable bonds is 6.